The van der Waals surface area contributed by atoms with Gasteiger partial charge < -0.3 is 34.1 Å². The monoisotopic (exact) mass is 714 g/mol. The second kappa shape index (κ2) is 15.1. The summed E-state index contributed by atoms with van der Waals surface area (Å²) < 4.78 is 24.4. The Morgan fingerprint density at radius 2 is 1.53 bits per heavy atom. The number of carbonyl (C=O) groups is 1. The second-order valence-corrected chi connectivity index (χ2v) is 12.9. The lowest BCUT2D eigenvalue weighted by Gasteiger charge is -2.28. The first kappa shape index (κ1) is 35.1. The van der Waals surface area contributed by atoms with Crippen LogP contribution >= 0.6 is 0 Å². The number of likely N-dealkylation sites (N-methyl/N-ethyl adjacent to an activating group) is 1. The first-order valence-corrected chi connectivity index (χ1v) is 17.2. The van der Waals surface area contributed by atoms with Gasteiger partial charge in [-0.3, -0.25) is 14.5 Å². The molecule has 0 fully saturated rings. The smallest absolute Gasteiger partial charge is 0.244 e. The van der Waals surface area contributed by atoms with E-state index in [1.54, 1.807) is 44.2 Å². The fourth-order valence-corrected chi connectivity index (χ4v) is 6.53. The summed E-state index contributed by atoms with van der Waals surface area (Å²) in [4.78, 5) is 31.0. The number of hydrogen-bond donors (Lipinski definition) is 1. The maximum absolute atomic E-state index is 12.5. The van der Waals surface area contributed by atoms with Crippen LogP contribution in [-0.4, -0.2) is 77.6 Å². The summed E-state index contributed by atoms with van der Waals surface area (Å²) in [5, 5.41) is 9.83. The lowest BCUT2D eigenvalue weighted by Crippen LogP contribution is -2.29. The first-order chi connectivity index (χ1) is 25.8. The van der Waals surface area contributed by atoms with Crippen LogP contribution in [-0.2, 0) is 30.8 Å². The van der Waals surface area contributed by atoms with E-state index >= 15 is 0 Å². The van der Waals surface area contributed by atoms with Gasteiger partial charge in [0.15, 0.2) is 5.82 Å². The third-order valence-corrected chi connectivity index (χ3v) is 9.55. The third kappa shape index (κ3) is 7.36. The van der Waals surface area contributed by atoms with Gasteiger partial charge in [0, 0.05) is 97.7 Å². The van der Waals surface area contributed by atoms with Gasteiger partial charge in [0.05, 0.1) is 34.1 Å². The number of hydrogen-bond acceptors (Lipinski definition) is 11. The molecule has 1 amide bonds. The predicted molar refractivity (Wildman–Crippen MR) is 203 cm³/mol. The summed E-state index contributed by atoms with van der Waals surface area (Å²) >= 11 is 0. The van der Waals surface area contributed by atoms with Crippen LogP contribution in [0.5, 0.6) is 23.0 Å². The zero-order valence-electron chi connectivity index (χ0n) is 30.7. The average Bonchev–Trinajstić information content (AvgIpc) is 3.50. The molecule has 53 heavy (non-hydrogen) atoms. The molecule has 0 radical (unpaired) electrons. The molecule has 0 unspecified atom stereocenters. The van der Waals surface area contributed by atoms with E-state index in [4.69, 9.17) is 34.0 Å². The standard InChI is InChI=1S/C40H42N8O5/c1-25-11-13-41-20-32(25)34-15-28-16-37(44-38-17-29-12-14-46(2)39(49)24-48(29)45-38)42-21-33(28)40(43-34)47(22-26-7-9-30(50-3)18-35(26)52-5)23-27-8-10-31(51-4)19-36(27)53-6/h7-11,13,15-21H,12,14,22-24H2,1-6H3,(H,42,44,45). The first-order valence-electron chi connectivity index (χ1n) is 17.2. The van der Waals surface area contributed by atoms with Crippen LogP contribution in [0.4, 0.5) is 17.5 Å². The number of fused-ring (bicyclic) bond motifs is 2. The molecule has 0 spiro atoms. The number of aromatic nitrogens is 5. The van der Waals surface area contributed by atoms with E-state index in [0.717, 1.165) is 50.8 Å². The molecule has 1 aliphatic heterocycles. The highest BCUT2D eigenvalue weighted by atomic mass is 16.5. The number of rotatable bonds is 12. The largest absolute Gasteiger partial charge is 0.497 e. The van der Waals surface area contributed by atoms with Crippen molar-refractivity contribution in [3.05, 3.63) is 102 Å². The van der Waals surface area contributed by atoms with E-state index < -0.39 is 0 Å². The Hall–Kier alpha value is -6.37. The number of pyridine rings is 3. The number of nitrogens with one attached hydrogen (secondary N) is 1. The average molecular weight is 715 g/mol. The molecular formula is C40H42N8O5. The fourth-order valence-electron chi connectivity index (χ4n) is 6.53. The summed E-state index contributed by atoms with van der Waals surface area (Å²) in [6.45, 7) is 3.78. The topological polar surface area (TPSA) is 129 Å². The lowest BCUT2D eigenvalue weighted by atomic mass is 10.0. The summed E-state index contributed by atoms with van der Waals surface area (Å²) in [5.74, 6) is 4.76. The van der Waals surface area contributed by atoms with Gasteiger partial charge in [0.2, 0.25) is 5.91 Å². The van der Waals surface area contributed by atoms with Crippen molar-refractivity contribution in [1.82, 2.24) is 29.6 Å². The zero-order valence-corrected chi connectivity index (χ0v) is 30.7. The molecule has 0 aliphatic carbocycles. The molecule has 13 heteroatoms. The molecule has 13 nitrogen and oxygen atoms in total. The summed E-state index contributed by atoms with van der Waals surface area (Å²) in [6.07, 6.45) is 6.18. The molecule has 0 saturated heterocycles. The summed E-state index contributed by atoms with van der Waals surface area (Å²) in [6, 6.07) is 19.6. The quantitative estimate of drug-likeness (QED) is 0.156. The number of nitrogens with zero attached hydrogens (tertiary/aromatic N) is 7. The van der Waals surface area contributed by atoms with Crippen molar-refractivity contribution < 1.29 is 23.7 Å². The molecule has 4 aromatic heterocycles. The molecule has 2 aromatic carbocycles. The zero-order chi connectivity index (χ0) is 37.1. The van der Waals surface area contributed by atoms with Crippen molar-refractivity contribution in [3.63, 3.8) is 0 Å². The molecule has 5 heterocycles. The second-order valence-electron chi connectivity index (χ2n) is 12.9. The highest BCUT2D eigenvalue weighted by Crippen LogP contribution is 2.37. The van der Waals surface area contributed by atoms with E-state index in [-0.39, 0.29) is 12.5 Å². The van der Waals surface area contributed by atoms with Gasteiger partial charge in [-0.05, 0) is 60.3 Å². The van der Waals surface area contributed by atoms with Crippen molar-refractivity contribution in [1.29, 1.82) is 0 Å². The number of anilines is 3. The number of ether oxygens (including phenoxy) is 4. The van der Waals surface area contributed by atoms with Crippen LogP contribution in [0, 0.1) is 6.92 Å². The van der Waals surface area contributed by atoms with Crippen molar-refractivity contribution >= 4 is 34.1 Å². The molecular weight excluding hydrogens is 672 g/mol. The van der Waals surface area contributed by atoms with Crippen molar-refractivity contribution in [2.45, 2.75) is 33.0 Å². The minimum atomic E-state index is 0.0320. The van der Waals surface area contributed by atoms with Gasteiger partial charge >= 0.3 is 0 Å². The van der Waals surface area contributed by atoms with Gasteiger partial charge in [-0.1, -0.05) is 0 Å². The van der Waals surface area contributed by atoms with Gasteiger partial charge in [0.1, 0.15) is 41.2 Å². The molecule has 6 aromatic rings. The van der Waals surface area contributed by atoms with Crippen LogP contribution in [0.1, 0.15) is 22.4 Å². The van der Waals surface area contributed by atoms with Gasteiger partial charge in [-0.25, -0.2) is 9.97 Å². The van der Waals surface area contributed by atoms with Crippen LogP contribution < -0.4 is 29.2 Å². The number of carbonyl (C=O) groups excluding carboxylic acids is 1. The van der Waals surface area contributed by atoms with E-state index in [9.17, 15) is 4.79 Å². The number of amides is 1. The van der Waals surface area contributed by atoms with Crippen molar-refractivity contribution in [2.75, 3.05) is 52.2 Å². The fraction of sp³-hybridized carbons (Fsp3) is 0.275. The Balaban J connectivity index is 1.36. The SMILES string of the molecule is COc1ccc(CN(Cc2ccc(OC)cc2OC)c2nc(-c3cnccc3C)cc3cc(Nc4cc5n(n4)CC(=O)N(C)CC5)ncc23)c(OC)c1. The molecule has 1 N–H and O–H groups in total. The maximum Gasteiger partial charge on any atom is 0.244 e. The van der Waals surface area contributed by atoms with E-state index in [2.05, 4.69) is 28.2 Å². The lowest BCUT2D eigenvalue weighted by molar-refractivity contribution is -0.130. The minimum Gasteiger partial charge on any atom is -0.497 e. The molecule has 1 aliphatic rings. The number of methoxy groups -OCH3 is 4. The molecule has 0 saturated carbocycles. The summed E-state index contributed by atoms with van der Waals surface area (Å²) in [7, 11) is 8.40. The Labute approximate surface area is 308 Å². The van der Waals surface area contributed by atoms with E-state index in [0.29, 0.717) is 60.1 Å². The van der Waals surface area contributed by atoms with Gasteiger partial charge in [-0.2, -0.15) is 5.10 Å². The highest BCUT2D eigenvalue weighted by Gasteiger charge is 2.22. The molecule has 0 bridgehead atoms. The van der Waals surface area contributed by atoms with Crippen LogP contribution in [0.3, 0.4) is 0 Å². The summed E-state index contributed by atoms with van der Waals surface area (Å²) in [5.41, 5.74) is 5.59. The third-order valence-electron chi connectivity index (χ3n) is 9.55. The highest BCUT2D eigenvalue weighted by molar-refractivity contribution is 5.96. The van der Waals surface area contributed by atoms with Gasteiger partial charge in [0.25, 0.3) is 0 Å². The number of aryl methyl sites for hydroxylation is 1. The van der Waals surface area contributed by atoms with Crippen LogP contribution in [0.2, 0.25) is 0 Å². The number of benzene rings is 2. The van der Waals surface area contributed by atoms with Crippen LogP contribution in [0.15, 0.2) is 79.3 Å². The van der Waals surface area contributed by atoms with Crippen molar-refractivity contribution in [3.8, 4) is 34.3 Å². The Bertz CT molecular complexity index is 2230. The van der Waals surface area contributed by atoms with Crippen LogP contribution in [0.25, 0.3) is 22.0 Å². The minimum absolute atomic E-state index is 0.0320. The van der Waals surface area contributed by atoms with E-state index in [1.807, 2.05) is 74.0 Å². The van der Waals surface area contributed by atoms with Gasteiger partial charge in [-0.15, -0.1) is 0 Å². The van der Waals surface area contributed by atoms with Crippen molar-refractivity contribution in [2.24, 2.45) is 0 Å². The molecule has 272 valence electrons. The molecule has 7 rings (SSSR count). The maximum atomic E-state index is 12.5. The Morgan fingerprint density at radius 1 is 0.830 bits per heavy atom. The Morgan fingerprint density at radius 3 is 2.17 bits per heavy atom. The molecule has 0 atom stereocenters. The predicted octanol–water partition coefficient (Wildman–Crippen LogP) is 6.20. The van der Waals surface area contributed by atoms with E-state index in [1.165, 1.54) is 0 Å². The normalized spacial score (nSPS) is 12.6. The Kier molecular flexibility index (Phi) is 9.97.